The molecule has 0 saturated heterocycles. The first-order valence-corrected chi connectivity index (χ1v) is 5.30. The summed E-state index contributed by atoms with van der Waals surface area (Å²) in [5.41, 5.74) is 2.22. The van der Waals surface area contributed by atoms with E-state index in [1.54, 1.807) is 0 Å². The standard InChI is InChI=1S/C13H18O2/c1-9(2)11-6-4-5-7-12(11)10(3)13(15)8-14/h4-7,9-10,14H,8H2,1-3H3. The van der Waals surface area contributed by atoms with Gasteiger partial charge in [0.15, 0.2) is 5.78 Å². The lowest BCUT2D eigenvalue weighted by atomic mass is 9.88. The van der Waals surface area contributed by atoms with Gasteiger partial charge in [0.05, 0.1) is 0 Å². The van der Waals surface area contributed by atoms with Gasteiger partial charge in [-0.3, -0.25) is 4.79 Å². The van der Waals surface area contributed by atoms with Crippen LogP contribution in [0.4, 0.5) is 0 Å². The highest BCUT2D eigenvalue weighted by molar-refractivity contribution is 5.86. The highest BCUT2D eigenvalue weighted by atomic mass is 16.3. The minimum atomic E-state index is -0.381. The zero-order valence-corrected chi connectivity index (χ0v) is 9.53. The smallest absolute Gasteiger partial charge is 0.165 e. The number of hydrogen-bond acceptors (Lipinski definition) is 2. The number of aliphatic hydroxyl groups excluding tert-OH is 1. The predicted molar refractivity (Wildman–Crippen MR) is 61.0 cm³/mol. The first kappa shape index (κ1) is 11.9. The van der Waals surface area contributed by atoms with Crippen LogP contribution in [-0.2, 0) is 4.79 Å². The first-order chi connectivity index (χ1) is 7.07. The van der Waals surface area contributed by atoms with Gasteiger partial charge in [0.1, 0.15) is 6.61 Å². The highest BCUT2D eigenvalue weighted by Crippen LogP contribution is 2.26. The van der Waals surface area contributed by atoms with Crippen LogP contribution >= 0.6 is 0 Å². The summed E-state index contributed by atoms with van der Waals surface area (Å²) in [5.74, 6) is 0.0619. The molecule has 1 rings (SSSR count). The quantitative estimate of drug-likeness (QED) is 0.821. The van der Waals surface area contributed by atoms with Gasteiger partial charge in [-0.1, -0.05) is 45.0 Å². The molecule has 0 aliphatic rings. The fourth-order valence-corrected chi connectivity index (χ4v) is 1.74. The summed E-state index contributed by atoms with van der Waals surface area (Å²) in [7, 11) is 0. The molecule has 0 aliphatic heterocycles. The molecule has 0 aliphatic carbocycles. The lowest BCUT2D eigenvalue weighted by Crippen LogP contribution is -2.15. The van der Waals surface area contributed by atoms with Crippen LogP contribution in [0.3, 0.4) is 0 Å². The van der Waals surface area contributed by atoms with Crippen molar-refractivity contribution in [3.63, 3.8) is 0 Å². The first-order valence-electron chi connectivity index (χ1n) is 5.30. The van der Waals surface area contributed by atoms with Crippen molar-refractivity contribution >= 4 is 5.78 Å². The third-order valence-corrected chi connectivity index (χ3v) is 2.72. The van der Waals surface area contributed by atoms with E-state index in [4.69, 9.17) is 5.11 Å². The van der Waals surface area contributed by atoms with E-state index in [0.717, 1.165) is 5.56 Å². The Kier molecular flexibility index (Phi) is 4.04. The van der Waals surface area contributed by atoms with Crippen molar-refractivity contribution in [3.8, 4) is 0 Å². The van der Waals surface area contributed by atoms with Crippen LogP contribution < -0.4 is 0 Å². The summed E-state index contributed by atoms with van der Waals surface area (Å²) in [5, 5.41) is 8.85. The van der Waals surface area contributed by atoms with E-state index in [2.05, 4.69) is 13.8 Å². The Balaban J connectivity index is 3.07. The van der Waals surface area contributed by atoms with Crippen molar-refractivity contribution in [2.45, 2.75) is 32.6 Å². The van der Waals surface area contributed by atoms with Gasteiger partial charge in [0.25, 0.3) is 0 Å². The monoisotopic (exact) mass is 206 g/mol. The van der Waals surface area contributed by atoms with Gasteiger partial charge in [-0.25, -0.2) is 0 Å². The van der Waals surface area contributed by atoms with Crippen molar-refractivity contribution in [1.29, 1.82) is 0 Å². The van der Waals surface area contributed by atoms with Crippen LogP contribution in [0.2, 0.25) is 0 Å². The third-order valence-electron chi connectivity index (χ3n) is 2.72. The molecule has 15 heavy (non-hydrogen) atoms. The Morgan fingerprint density at radius 3 is 2.20 bits per heavy atom. The molecule has 1 aromatic rings. The molecule has 0 saturated carbocycles. The van der Waals surface area contributed by atoms with E-state index in [1.807, 2.05) is 31.2 Å². The molecule has 1 atom stereocenters. The van der Waals surface area contributed by atoms with Crippen molar-refractivity contribution < 1.29 is 9.90 Å². The summed E-state index contributed by atoms with van der Waals surface area (Å²) >= 11 is 0. The molecule has 1 N–H and O–H groups in total. The number of benzene rings is 1. The lowest BCUT2D eigenvalue weighted by molar-refractivity contribution is -0.122. The molecule has 0 spiro atoms. The second-order valence-corrected chi connectivity index (χ2v) is 4.13. The van der Waals surface area contributed by atoms with E-state index < -0.39 is 0 Å². The van der Waals surface area contributed by atoms with Gasteiger partial charge in [-0.2, -0.15) is 0 Å². The van der Waals surface area contributed by atoms with Gasteiger partial charge in [-0.15, -0.1) is 0 Å². The Bertz CT molecular complexity index is 342. The normalized spacial score (nSPS) is 12.9. The zero-order chi connectivity index (χ0) is 11.4. The number of hydrogen-bond donors (Lipinski definition) is 1. The maximum absolute atomic E-state index is 11.4. The Hall–Kier alpha value is -1.15. The van der Waals surface area contributed by atoms with Crippen molar-refractivity contribution in [1.82, 2.24) is 0 Å². The molecular formula is C13H18O2. The minimum absolute atomic E-state index is 0.122. The maximum atomic E-state index is 11.4. The fourth-order valence-electron chi connectivity index (χ4n) is 1.74. The molecule has 0 fully saturated rings. The maximum Gasteiger partial charge on any atom is 0.165 e. The van der Waals surface area contributed by atoms with Gasteiger partial charge >= 0.3 is 0 Å². The van der Waals surface area contributed by atoms with Gasteiger partial charge in [0, 0.05) is 5.92 Å². The summed E-state index contributed by atoms with van der Waals surface area (Å²) in [6.45, 7) is 5.68. The van der Waals surface area contributed by atoms with E-state index in [-0.39, 0.29) is 18.3 Å². The Morgan fingerprint density at radius 2 is 1.73 bits per heavy atom. The van der Waals surface area contributed by atoms with Gasteiger partial charge in [-0.05, 0) is 17.0 Å². The van der Waals surface area contributed by atoms with Crippen molar-refractivity contribution in [2.75, 3.05) is 6.61 Å². The van der Waals surface area contributed by atoms with E-state index in [0.29, 0.717) is 5.92 Å². The second-order valence-electron chi connectivity index (χ2n) is 4.13. The van der Waals surface area contributed by atoms with Crippen LogP contribution in [0.25, 0.3) is 0 Å². The van der Waals surface area contributed by atoms with Crippen LogP contribution in [0.5, 0.6) is 0 Å². The number of Topliss-reactive ketones (excluding diaryl/α,β-unsaturated/α-hetero) is 1. The highest BCUT2D eigenvalue weighted by Gasteiger charge is 2.17. The number of rotatable bonds is 4. The van der Waals surface area contributed by atoms with Crippen LogP contribution in [-0.4, -0.2) is 17.5 Å². The molecule has 0 radical (unpaired) electrons. The molecule has 1 unspecified atom stereocenters. The zero-order valence-electron chi connectivity index (χ0n) is 9.53. The number of aliphatic hydroxyl groups is 1. The molecule has 2 heteroatoms. The topological polar surface area (TPSA) is 37.3 Å². The average molecular weight is 206 g/mol. The SMILES string of the molecule is CC(C)c1ccccc1C(C)C(=O)CO. The molecule has 2 nitrogen and oxygen atoms in total. The summed E-state index contributed by atoms with van der Waals surface area (Å²) in [6.07, 6.45) is 0. The molecule has 82 valence electrons. The molecule has 0 aromatic heterocycles. The lowest BCUT2D eigenvalue weighted by Gasteiger charge is -2.16. The summed E-state index contributed by atoms with van der Waals surface area (Å²) < 4.78 is 0. The average Bonchev–Trinajstić information content (AvgIpc) is 2.27. The van der Waals surface area contributed by atoms with E-state index in [9.17, 15) is 4.79 Å². The van der Waals surface area contributed by atoms with Crippen LogP contribution in [0, 0.1) is 0 Å². The van der Waals surface area contributed by atoms with Gasteiger partial charge in [0.2, 0.25) is 0 Å². The molecule has 0 bridgehead atoms. The Labute approximate surface area is 90.9 Å². The summed E-state index contributed by atoms with van der Waals surface area (Å²) in [6, 6.07) is 7.92. The number of carbonyl (C=O) groups is 1. The van der Waals surface area contributed by atoms with Crippen molar-refractivity contribution in [3.05, 3.63) is 35.4 Å². The molecular weight excluding hydrogens is 188 g/mol. The molecule has 0 heterocycles. The Morgan fingerprint density at radius 1 is 1.20 bits per heavy atom. The largest absolute Gasteiger partial charge is 0.389 e. The second kappa shape index (κ2) is 5.08. The number of carbonyl (C=O) groups excluding carboxylic acids is 1. The predicted octanol–water partition coefficient (Wildman–Crippen LogP) is 2.47. The summed E-state index contributed by atoms with van der Waals surface area (Å²) in [4.78, 5) is 11.4. The third kappa shape index (κ3) is 2.66. The van der Waals surface area contributed by atoms with Crippen molar-refractivity contribution in [2.24, 2.45) is 0 Å². The van der Waals surface area contributed by atoms with E-state index >= 15 is 0 Å². The van der Waals surface area contributed by atoms with Crippen LogP contribution in [0.1, 0.15) is 43.7 Å². The van der Waals surface area contributed by atoms with E-state index in [1.165, 1.54) is 5.56 Å². The molecule has 0 amide bonds. The van der Waals surface area contributed by atoms with Crippen LogP contribution in [0.15, 0.2) is 24.3 Å². The minimum Gasteiger partial charge on any atom is -0.389 e. The number of ketones is 1. The fraction of sp³-hybridized carbons (Fsp3) is 0.462. The molecule has 1 aromatic carbocycles. The van der Waals surface area contributed by atoms with Gasteiger partial charge < -0.3 is 5.11 Å².